The summed E-state index contributed by atoms with van der Waals surface area (Å²) in [4.78, 5) is 4.60. The first-order valence-corrected chi connectivity index (χ1v) is 6.44. The Labute approximate surface area is 98.3 Å². The predicted octanol–water partition coefficient (Wildman–Crippen LogP) is 3.83. The van der Waals surface area contributed by atoms with Gasteiger partial charge in [0.25, 0.3) is 0 Å². The summed E-state index contributed by atoms with van der Waals surface area (Å²) in [6, 6.07) is 2.11. The summed E-state index contributed by atoms with van der Waals surface area (Å²) in [5.74, 6) is 1.12. The Morgan fingerprint density at radius 3 is 2.50 bits per heavy atom. The standard InChI is InChI=1S/C14H22N2/c1-10(2)12-8-13(15)14(16-9-12)11-6-4-3-5-7-11/h8-11H,3-7,15H2,1-2H3. The number of aromatic nitrogens is 1. The van der Waals surface area contributed by atoms with Crippen molar-refractivity contribution in [2.45, 2.75) is 57.8 Å². The molecule has 1 saturated carbocycles. The lowest BCUT2D eigenvalue weighted by atomic mass is 9.85. The number of hydrogen-bond donors (Lipinski definition) is 1. The van der Waals surface area contributed by atoms with Crippen molar-refractivity contribution in [3.8, 4) is 0 Å². The van der Waals surface area contributed by atoms with Crippen LogP contribution >= 0.6 is 0 Å². The molecule has 0 bridgehead atoms. The summed E-state index contributed by atoms with van der Waals surface area (Å²) in [5, 5.41) is 0. The maximum Gasteiger partial charge on any atom is 0.0663 e. The smallest absolute Gasteiger partial charge is 0.0663 e. The van der Waals surface area contributed by atoms with E-state index in [9.17, 15) is 0 Å². The molecule has 0 aromatic carbocycles. The highest BCUT2D eigenvalue weighted by atomic mass is 14.7. The fourth-order valence-electron chi connectivity index (χ4n) is 2.54. The van der Waals surface area contributed by atoms with E-state index in [4.69, 9.17) is 5.73 Å². The van der Waals surface area contributed by atoms with Gasteiger partial charge < -0.3 is 5.73 Å². The van der Waals surface area contributed by atoms with Crippen LogP contribution < -0.4 is 5.73 Å². The Balaban J connectivity index is 2.21. The van der Waals surface area contributed by atoms with E-state index in [-0.39, 0.29) is 0 Å². The monoisotopic (exact) mass is 218 g/mol. The van der Waals surface area contributed by atoms with Crippen molar-refractivity contribution in [2.24, 2.45) is 0 Å². The van der Waals surface area contributed by atoms with Crippen molar-refractivity contribution in [3.05, 3.63) is 23.5 Å². The molecule has 16 heavy (non-hydrogen) atoms. The van der Waals surface area contributed by atoms with Crippen molar-refractivity contribution < 1.29 is 0 Å². The van der Waals surface area contributed by atoms with E-state index < -0.39 is 0 Å². The maximum absolute atomic E-state index is 6.13. The average molecular weight is 218 g/mol. The first kappa shape index (κ1) is 11.4. The van der Waals surface area contributed by atoms with Crippen molar-refractivity contribution in [1.29, 1.82) is 0 Å². The van der Waals surface area contributed by atoms with E-state index in [0.29, 0.717) is 11.8 Å². The first-order chi connectivity index (χ1) is 7.68. The Kier molecular flexibility index (Phi) is 3.47. The highest BCUT2D eigenvalue weighted by molar-refractivity contribution is 5.47. The van der Waals surface area contributed by atoms with Gasteiger partial charge in [-0.3, -0.25) is 4.98 Å². The van der Waals surface area contributed by atoms with Gasteiger partial charge in [-0.25, -0.2) is 0 Å². The van der Waals surface area contributed by atoms with Gasteiger partial charge in [0.1, 0.15) is 0 Å². The Bertz CT molecular complexity index is 352. The van der Waals surface area contributed by atoms with Gasteiger partial charge >= 0.3 is 0 Å². The first-order valence-electron chi connectivity index (χ1n) is 6.44. The lowest BCUT2D eigenvalue weighted by Crippen LogP contribution is -2.10. The minimum Gasteiger partial charge on any atom is -0.397 e. The molecule has 0 saturated heterocycles. The van der Waals surface area contributed by atoms with Crippen LogP contribution in [0.4, 0.5) is 5.69 Å². The topological polar surface area (TPSA) is 38.9 Å². The number of rotatable bonds is 2. The predicted molar refractivity (Wildman–Crippen MR) is 68.6 cm³/mol. The van der Waals surface area contributed by atoms with Crippen LogP contribution in [-0.2, 0) is 0 Å². The van der Waals surface area contributed by atoms with E-state index in [1.54, 1.807) is 0 Å². The largest absolute Gasteiger partial charge is 0.397 e. The second-order valence-corrected chi connectivity index (χ2v) is 5.23. The van der Waals surface area contributed by atoms with Crippen LogP contribution in [-0.4, -0.2) is 4.98 Å². The van der Waals surface area contributed by atoms with Gasteiger partial charge in [0, 0.05) is 12.1 Å². The van der Waals surface area contributed by atoms with Gasteiger partial charge in [0.05, 0.1) is 11.4 Å². The van der Waals surface area contributed by atoms with Gasteiger partial charge in [-0.05, 0) is 30.4 Å². The number of pyridine rings is 1. The summed E-state index contributed by atoms with van der Waals surface area (Å²) in [6.45, 7) is 4.35. The minimum atomic E-state index is 0.509. The van der Waals surface area contributed by atoms with E-state index in [0.717, 1.165) is 11.4 Å². The van der Waals surface area contributed by atoms with Crippen LogP contribution in [0.1, 0.15) is 69.0 Å². The summed E-state index contributed by atoms with van der Waals surface area (Å²) < 4.78 is 0. The zero-order valence-electron chi connectivity index (χ0n) is 10.4. The molecule has 0 atom stereocenters. The molecular formula is C14H22N2. The third-order valence-corrected chi connectivity index (χ3v) is 3.63. The van der Waals surface area contributed by atoms with Gasteiger partial charge in [0.15, 0.2) is 0 Å². The van der Waals surface area contributed by atoms with E-state index in [1.807, 2.05) is 6.20 Å². The molecule has 1 aliphatic carbocycles. The molecule has 1 heterocycles. The van der Waals surface area contributed by atoms with Crippen molar-refractivity contribution in [2.75, 3.05) is 5.73 Å². The summed E-state index contributed by atoms with van der Waals surface area (Å²) >= 11 is 0. The molecule has 1 aromatic rings. The number of nitrogens with zero attached hydrogens (tertiary/aromatic N) is 1. The zero-order valence-corrected chi connectivity index (χ0v) is 10.4. The third-order valence-electron chi connectivity index (χ3n) is 3.63. The Morgan fingerprint density at radius 2 is 1.94 bits per heavy atom. The fourth-order valence-corrected chi connectivity index (χ4v) is 2.54. The lowest BCUT2D eigenvalue weighted by molar-refractivity contribution is 0.437. The molecular weight excluding hydrogens is 196 g/mol. The van der Waals surface area contributed by atoms with Crippen molar-refractivity contribution >= 4 is 5.69 Å². The molecule has 1 fully saturated rings. The highest BCUT2D eigenvalue weighted by Crippen LogP contribution is 2.34. The van der Waals surface area contributed by atoms with Crippen molar-refractivity contribution in [1.82, 2.24) is 4.98 Å². The van der Waals surface area contributed by atoms with Crippen LogP contribution in [0.15, 0.2) is 12.3 Å². The van der Waals surface area contributed by atoms with Gasteiger partial charge in [0.2, 0.25) is 0 Å². The number of nitrogen functional groups attached to an aromatic ring is 1. The maximum atomic E-state index is 6.13. The number of anilines is 1. The molecule has 0 amide bonds. The molecule has 0 aliphatic heterocycles. The van der Waals surface area contributed by atoms with E-state index >= 15 is 0 Å². The molecule has 1 aliphatic rings. The summed E-state index contributed by atoms with van der Waals surface area (Å²) in [7, 11) is 0. The lowest BCUT2D eigenvalue weighted by Gasteiger charge is -2.22. The van der Waals surface area contributed by atoms with Gasteiger partial charge in [-0.2, -0.15) is 0 Å². The van der Waals surface area contributed by atoms with Gasteiger partial charge in [-0.15, -0.1) is 0 Å². The molecule has 2 heteroatoms. The van der Waals surface area contributed by atoms with Crippen LogP contribution in [0, 0.1) is 0 Å². The highest BCUT2D eigenvalue weighted by Gasteiger charge is 2.19. The minimum absolute atomic E-state index is 0.509. The molecule has 88 valence electrons. The third kappa shape index (κ3) is 2.37. The van der Waals surface area contributed by atoms with Crippen LogP contribution in [0.2, 0.25) is 0 Å². The Morgan fingerprint density at radius 1 is 1.25 bits per heavy atom. The van der Waals surface area contributed by atoms with Crippen molar-refractivity contribution in [3.63, 3.8) is 0 Å². The normalized spacial score (nSPS) is 17.9. The van der Waals surface area contributed by atoms with Crippen LogP contribution in [0.5, 0.6) is 0 Å². The quantitative estimate of drug-likeness (QED) is 0.819. The molecule has 2 rings (SSSR count). The molecule has 0 radical (unpaired) electrons. The molecule has 0 spiro atoms. The summed E-state index contributed by atoms with van der Waals surface area (Å²) in [5.41, 5.74) is 9.42. The molecule has 1 aromatic heterocycles. The van der Waals surface area contributed by atoms with Crippen LogP contribution in [0.3, 0.4) is 0 Å². The molecule has 2 N–H and O–H groups in total. The zero-order chi connectivity index (χ0) is 11.5. The van der Waals surface area contributed by atoms with Crippen LogP contribution in [0.25, 0.3) is 0 Å². The van der Waals surface area contributed by atoms with E-state index in [1.165, 1.54) is 37.7 Å². The second kappa shape index (κ2) is 4.86. The summed E-state index contributed by atoms with van der Waals surface area (Å²) in [6.07, 6.45) is 8.57. The molecule has 0 unspecified atom stereocenters. The molecule has 2 nitrogen and oxygen atoms in total. The average Bonchev–Trinajstić information content (AvgIpc) is 2.30. The van der Waals surface area contributed by atoms with Gasteiger partial charge in [-0.1, -0.05) is 33.1 Å². The number of nitrogens with two attached hydrogens (primary N) is 1. The van der Waals surface area contributed by atoms with E-state index in [2.05, 4.69) is 24.9 Å². The number of hydrogen-bond acceptors (Lipinski definition) is 2. The SMILES string of the molecule is CC(C)c1cnc(C2CCCCC2)c(N)c1. The second-order valence-electron chi connectivity index (χ2n) is 5.23. The Hall–Kier alpha value is -1.05. The fraction of sp³-hybridized carbons (Fsp3) is 0.643.